The summed E-state index contributed by atoms with van der Waals surface area (Å²) >= 11 is 0. The SMILES string of the molecule is CCCCOc1cccc2c(OCCCC)c(C)ccc12. The van der Waals surface area contributed by atoms with Gasteiger partial charge >= 0.3 is 0 Å². The first kappa shape index (κ1) is 15.7. The van der Waals surface area contributed by atoms with Crippen molar-refractivity contribution in [1.82, 2.24) is 0 Å². The largest absolute Gasteiger partial charge is 0.493 e. The Kier molecular flexibility index (Phi) is 5.91. The maximum atomic E-state index is 6.02. The molecular formula is C19H26O2. The zero-order chi connectivity index (χ0) is 15.1. The van der Waals surface area contributed by atoms with Gasteiger partial charge in [0.15, 0.2) is 0 Å². The molecule has 2 aromatic rings. The molecule has 0 fully saturated rings. The van der Waals surface area contributed by atoms with Gasteiger partial charge in [0.1, 0.15) is 11.5 Å². The fraction of sp³-hybridized carbons (Fsp3) is 0.474. The van der Waals surface area contributed by atoms with Crippen LogP contribution in [0.3, 0.4) is 0 Å². The molecule has 114 valence electrons. The first-order chi connectivity index (χ1) is 10.3. The molecule has 2 heteroatoms. The number of benzene rings is 2. The Balaban J connectivity index is 2.31. The van der Waals surface area contributed by atoms with Crippen LogP contribution in [-0.4, -0.2) is 13.2 Å². The predicted molar refractivity (Wildman–Crippen MR) is 89.5 cm³/mol. The van der Waals surface area contributed by atoms with Crippen molar-refractivity contribution < 1.29 is 9.47 Å². The van der Waals surface area contributed by atoms with Crippen molar-refractivity contribution in [2.24, 2.45) is 0 Å². The van der Waals surface area contributed by atoms with Gasteiger partial charge in [-0.05, 0) is 31.4 Å². The molecule has 2 rings (SSSR count). The fourth-order valence-corrected chi connectivity index (χ4v) is 2.37. The van der Waals surface area contributed by atoms with Crippen molar-refractivity contribution in [2.75, 3.05) is 13.2 Å². The average Bonchev–Trinajstić information content (AvgIpc) is 2.50. The molecule has 0 saturated carbocycles. The molecule has 2 aromatic carbocycles. The first-order valence-corrected chi connectivity index (χ1v) is 8.05. The molecule has 0 heterocycles. The van der Waals surface area contributed by atoms with Crippen molar-refractivity contribution in [1.29, 1.82) is 0 Å². The summed E-state index contributed by atoms with van der Waals surface area (Å²) in [4.78, 5) is 0. The molecule has 21 heavy (non-hydrogen) atoms. The Morgan fingerprint density at radius 2 is 1.52 bits per heavy atom. The summed E-state index contributed by atoms with van der Waals surface area (Å²) in [5.41, 5.74) is 1.18. The Bertz CT molecular complexity index is 575. The summed E-state index contributed by atoms with van der Waals surface area (Å²) in [5, 5.41) is 2.30. The number of ether oxygens (including phenoxy) is 2. The third-order valence-electron chi connectivity index (χ3n) is 3.67. The molecule has 0 aliphatic rings. The predicted octanol–water partition coefficient (Wildman–Crippen LogP) is 5.51. The molecule has 0 spiro atoms. The van der Waals surface area contributed by atoms with Crippen LogP contribution in [0.5, 0.6) is 11.5 Å². The van der Waals surface area contributed by atoms with Crippen molar-refractivity contribution in [3.8, 4) is 11.5 Å². The highest BCUT2D eigenvalue weighted by Gasteiger charge is 2.09. The lowest BCUT2D eigenvalue weighted by molar-refractivity contribution is 0.308. The van der Waals surface area contributed by atoms with Crippen LogP contribution < -0.4 is 9.47 Å². The number of aryl methyl sites for hydroxylation is 1. The highest BCUT2D eigenvalue weighted by atomic mass is 16.5. The lowest BCUT2D eigenvalue weighted by Crippen LogP contribution is -2.00. The van der Waals surface area contributed by atoms with Gasteiger partial charge in [-0.3, -0.25) is 0 Å². The van der Waals surface area contributed by atoms with Gasteiger partial charge in [0.25, 0.3) is 0 Å². The molecule has 0 saturated heterocycles. The number of hydrogen-bond donors (Lipinski definition) is 0. The van der Waals surface area contributed by atoms with E-state index in [4.69, 9.17) is 9.47 Å². The normalized spacial score (nSPS) is 10.8. The lowest BCUT2D eigenvalue weighted by Gasteiger charge is -2.14. The minimum atomic E-state index is 0.773. The van der Waals surface area contributed by atoms with Crippen LogP contribution in [0.1, 0.15) is 45.1 Å². The summed E-state index contributed by atoms with van der Waals surface area (Å²) in [7, 11) is 0. The highest BCUT2D eigenvalue weighted by Crippen LogP contribution is 2.35. The van der Waals surface area contributed by atoms with E-state index >= 15 is 0 Å². The molecule has 0 bridgehead atoms. The van der Waals surface area contributed by atoms with E-state index < -0.39 is 0 Å². The van der Waals surface area contributed by atoms with Gasteiger partial charge in [0.2, 0.25) is 0 Å². The monoisotopic (exact) mass is 286 g/mol. The van der Waals surface area contributed by atoms with Gasteiger partial charge in [0, 0.05) is 10.8 Å². The van der Waals surface area contributed by atoms with E-state index in [2.05, 4.69) is 45.0 Å². The minimum absolute atomic E-state index is 0.773. The summed E-state index contributed by atoms with van der Waals surface area (Å²) in [6.07, 6.45) is 4.47. The summed E-state index contributed by atoms with van der Waals surface area (Å²) in [6.45, 7) is 8.01. The molecule has 0 atom stereocenters. The number of hydrogen-bond acceptors (Lipinski definition) is 2. The standard InChI is InChI=1S/C19H26O2/c1-4-6-13-20-18-10-8-9-17-16(18)12-11-15(3)19(17)21-14-7-5-2/h8-12H,4-7,13-14H2,1-3H3. The molecule has 0 unspecified atom stereocenters. The van der Waals surface area contributed by atoms with Crippen LogP contribution >= 0.6 is 0 Å². The number of fused-ring (bicyclic) bond motifs is 1. The molecule has 0 aliphatic carbocycles. The van der Waals surface area contributed by atoms with E-state index in [1.807, 2.05) is 6.07 Å². The lowest BCUT2D eigenvalue weighted by atomic mass is 10.1. The fourth-order valence-electron chi connectivity index (χ4n) is 2.37. The Morgan fingerprint density at radius 1 is 0.810 bits per heavy atom. The van der Waals surface area contributed by atoms with Gasteiger partial charge in [-0.25, -0.2) is 0 Å². The van der Waals surface area contributed by atoms with Gasteiger partial charge in [-0.15, -0.1) is 0 Å². The zero-order valence-corrected chi connectivity index (χ0v) is 13.4. The van der Waals surface area contributed by atoms with Gasteiger partial charge in [0.05, 0.1) is 13.2 Å². The Hall–Kier alpha value is -1.70. The quantitative estimate of drug-likeness (QED) is 0.596. The topological polar surface area (TPSA) is 18.5 Å². The maximum absolute atomic E-state index is 6.02. The summed E-state index contributed by atoms with van der Waals surface area (Å²) < 4.78 is 11.9. The second-order valence-corrected chi connectivity index (χ2v) is 5.47. The molecule has 0 aliphatic heterocycles. The Labute approximate surface area is 128 Å². The van der Waals surface area contributed by atoms with E-state index in [9.17, 15) is 0 Å². The van der Waals surface area contributed by atoms with E-state index in [0.717, 1.165) is 61.2 Å². The molecule has 0 N–H and O–H groups in total. The van der Waals surface area contributed by atoms with Crippen LogP contribution in [0.4, 0.5) is 0 Å². The van der Waals surface area contributed by atoms with Gasteiger partial charge < -0.3 is 9.47 Å². The summed E-state index contributed by atoms with van der Waals surface area (Å²) in [5.74, 6) is 1.96. The van der Waals surface area contributed by atoms with Crippen LogP contribution in [0.25, 0.3) is 10.8 Å². The average molecular weight is 286 g/mol. The number of unbranched alkanes of at least 4 members (excludes halogenated alkanes) is 2. The van der Waals surface area contributed by atoms with Crippen molar-refractivity contribution in [3.05, 3.63) is 35.9 Å². The second kappa shape index (κ2) is 7.92. The molecule has 0 aromatic heterocycles. The zero-order valence-electron chi connectivity index (χ0n) is 13.4. The van der Waals surface area contributed by atoms with E-state index in [-0.39, 0.29) is 0 Å². The third kappa shape index (κ3) is 3.90. The third-order valence-corrected chi connectivity index (χ3v) is 3.67. The smallest absolute Gasteiger partial charge is 0.130 e. The van der Waals surface area contributed by atoms with E-state index in [0.29, 0.717) is 0 Å². The van der Waals surface area contributed by atoms with Crippen LogP contribution in [-0.2, 0) is 0 Å². The Morgan fingerprint density at radius 3 is 2.24 bits per heavy atom. The van der Waals surface area contributed by atoms with Crippen LogP contribution in [0, 0.1) is 6.92 Å². The maximum Gasteiger partial charge on any atom is 0.130 e. The number of rotatable bonds is 8. The van der Waals surface area contributed by atoms with Crippen molar-refractivity contribution in [2.45, 2.75) is 46.5 Å². The highest BCUT2D eigenvalue weighted by molar-refractivity contribution is 5.94. The van der Waals surface area contributed by atoms with E-state index in [1.165, 1.54) is 5.56 Å². The second-order valence-electron chi connectivity index (χ2n) is 5.47. The van der Waals surface area contributed by atoms with Crippen LogP contribution in [0.2, 0.25) is 0 Å². The van der Waals surface area contributed by atoms with Crippen molar-refractivity contribution in [3.63, 3.8) is 0 Å². The van der Waals surface area contributed by atoms with Gasteiger partial charge in [-0.2, -0.15) is 0 Å². The van der Waals surface area contributed by atoms with Crippen molar-refractivity contribution >= 4 is 10.8 Å². The first-order valence-electron chi connectivity index (χ1n) is 8.05. The molecule has 2 nitrogen and oxygen atoms in total. The van der Waals surface area contributed by atoms with Gasteiger partial charge in [-0.1, -0.05) is 51.0 Å². The van der Waals surface area contributed by atoms with E-state index in [1.54, 1.807) is 0 Å². The summed E-state index contributed by atoms with van der Waals surface area (Å²) in [6, 6.07) is 10.5. The molecule has 0 amide bonds. The molecule has 0 radical (unpaired) electrons. The molecular weight excluding hydrogens is 260 g/mol. The van der Waals surface area contributed by atoms with Crippen LogP contribution in [0.15, 0.2) is 30.3 Å². The minimum Gasteiger partial charge on any atom is -0.493 e.